The lowest BCUT2D eigenvalue weighted by Crippen LogP contribution is -2.22. The Morgan fingerprint density at radius 3 is 2.52 bits per heavy atom. The average Bonchev–Trinajstić information content (AvgIpc) is 3.47. The number of carbonyl (C=O) groups excluding carboxylic acids is 1. The lowest BCUT2D eigenvalue weighted by Gasteiger charge is -2.16. The van der Waals surface area contributed by atoms with E-state index in [0.717, 1.165) is 40.7 Å². The van der Waals surface area contributed by atoms with Gasteiger partial charge >= 0.3 is 0 Å². The average molecular weight is 529 g/mol. The van der Waals surface area contributed by atoms with Crippen molar-refractivity contribution in [3.8, 4) is 23.0 Å². The summed E-state index contributed by atoms with van der Waals surface area (Å²) in [4.78, 5) is 19.1. The van der Waals surface area contributed by atoms with Crippen molar-refractivity contribution < 1.29 is 14.6 Å². The molecule has 40 heavy (non-hydrogen) atoms. The Morgan fingerprint density at radius 1 is 0.950 bits per heavy atom. The number of benzene rings is 4. The van der Waals surface area contributed by atoms with Crippen LogP contribution in [0.25, 0.3) is 22.0 Å². The molecule has 0 aliphatic rings. The third-order valence-electron chi connectivity index (χ3n) is 6.96. The fourth-order valence-electron chi connectivity index (χ4n) is 4.78. The highest BCUT2D eigenvalue weighted by atomic mass is 16.5. The van der Waals surface area contributed by atoms with Crippen LogP contribution in [0.1, 0.15) is 38.7 Å². The van der Waals surface area contributed by atoms with Crippen molar-refractivity contribution in [2.75, 3.05) is 27.3 Å². The zero-order valence-corrected chi connectivity index (χ0v) is 22.7. The number of ketones is 1. The van der Waals surface area contributed by atoms with Crippen molar-refractivity contribution in [1.82, 2.24) is 9.88 Å². The number of ether oxygens (including phenoxy) is 1. The summed E-state index contributed by atoms with van der Waals surface area (Å²) >= 11 is 0. The normalized spacial score (nSPS) is 11.8. The molecule has 0 aliphatic heterocycles. The van der Waals surface area contributed by atoms with Gasteiger partial charge in [-0.1, -0.05) is 78.6 Å². The summed E-state index contributed by atoms with van der Waals surface area (Å²) in [6.45, 7) is 2.39. The van der Waals surface area contributed by atoms with Crippen molar-refractivity contribution in [3.05, 3.63) is 131 Å². The number of methoxy groups -OCH3 is 1. The largest absolute Gasteiger partial charge is 0.383 e. The number of aromatic amines is 1. The van der Waals surface area contributed by atoms with Gasteiger partial charge in [-0.3, -0.25) is 9.69 Å². The molecule has 0 fully saturated rings. The lowest BCUT2D eigenvalue weighted by molar-refractivity contribution is 0.0748. The number of likely N-dealkylation sites (N-methyl/N-ethyl adjacent to an activating group) is 1. The number of aliphatic hydroxyl groups is 1. The molecule has 0 saturated carbocycles. The maximum atomic E-state index is 13.7. The Kier molecular flexibility index (Phi) is 8.53. The van der Waals surface area contributed by atoms with Gasteiger partial charge in [0, 0.05) is 54.2 Å². The minimum atomic E-state index is -1.27. The van der Waals surface area contributed by atoms with E-state index in [2.05, 4.69) is 40.9 Å². The minimum absolute atomic E-state index is 0.363. The van der Waals surface area contributed by atoms with Gasteiger partial charge in [0.2, 0.25) is 0 Å². The maximum Gasteiger partial charge on any atom is 0.196 e. The van der Waals surface area contributed by atoms with E-state index in [1.165, 1.54) is 5.56 Å². The van der Waals surface area contributed by atoms with Crippen LogP contribution in [0.2, 0.25) is 0 Å². The second-order valence-corrected chi connectivity index (χ2v) is 9.86. The second kappa shape index (κ2) is 12.6. The smallest absolute Gasteiger partial charge is 0.196 e. The Bertz CT molecular complexity index is 1660. The first kappa shape index (κ1) is 27.1. The van der Waals surface area contributed by atoms with Gasteiger partial charge in [-0.25, -0.2) is 0 Å². The number of aromatic nitrogens is 1. The Morgan fingerprint density at radius 2 is 1.75 bits per heavy atom. The first-order chi connectivity index (χ1) is 19.5. The molecule has 5 heteroatoms. The van der Waals surface area contributed by atoms with E-state index in [-0.39, 0.29) is 5.78 Å². The van der Waals surface area contributed by atoms with Crippen molar-refractivity contribution >= 4 is 16.7 Å². The van der Waals surface area contributed by atoms with Gasteiger partial charge in [-0.15, -0.1) is 0 Å². The Hall–Kier alpha value is -4.47. The minimum Gasteiger partial charge on any atom is -0.383 e. The van der Waals surface area contributed by atoms with Crippen LogP contribution in [0.5, 0.6) is 0 Å². The fourth-order valence-corrected chi connectivity index (χ4v) is 4.78. The van der Waals surface area contributed by atoms with Crippen LogP contribution in [0.3, 0.4) is 0 Å². The molecule has 0 saturated heterocycles. The summed E-state index contributed by atoms with van der Waals surface area (Å²) in [5, 5.41) is 12.1. The van der Waals surface area contributed by atoms with Gasteiger partial charge in [0.25, 0.3) is 0 Å². The van der Waals surface area contributed by atoms with Gasteiger partial charge in [-0.05, 0) is 59.5 Å². The fraction of sp³-hybridized carbons (Fsp3) is 0.171. The maximum absolute atomic E-state index is 13.7. The van der Waals surface area contributed by atoms with Crippen LogP contribution in [0.15, 0.2) is 103 Å². The third-order valence-corrected chi connectivity index (χ3v) is 6.96. The highest BCUT2D eigenvalue weighted by Crippen LogP contribution is 2.33. The highest BCUT2D eigenvalue weighted by Gasteiger charge is 2.24. The summed E-state index contributed by atoms with van der Waals surface area (Å²) in [5.74, 6) is 6.23. The number of nitrogens with zero attached hydrogens (tertiary/aromatic N) is 1. The molecule has 1 unspecified atom stereocenters. The van der Waals surface area contributed by atoms with E-state index in [9.17, 15) is 9.90 Å². The molecule has 2 N–H and O–H groups in total. The van der Waals surface area contributed by atoms with Crippen molar-refractivity contribution in [3.63, 3.8) is 0 Å². The third kappa shape index (κ3) is 6.22. The molecule has 200 valence electrons. The molecule has 1 aromatic heterocycles. The number of rotatable bonds is 9. The molecule has 5 aromatic rings. The first-order valence-electron chi connectivity index (χ1n) is 13.3. The van der Waals surface area contributed by atoms with Crippen molar-refractivity contribution in [2.45, 2.75) is 12.6 Å². The van der Waals surface area contributed by atoms with Crippen LogP contribution in [0.4, 0.5) is 0 Å². The highest BCUT2D eigenvalue weighted by molar-refractivity contribution is 6.07. The van der Waals surface area contributed by atoms with Gasteiger partial charge in [0.1, 0.15) is 6.10 Å². The van der Waals surface area contributed by atoms with E-state index in [4.69, 9.17) is 4.74 Å². The molecular weight excluding hydrogens is 496 g/mol. The molecule has 1 heterocycles. The molecule has 0 aliphatic carbocycles. The molecule has 0 amide bonds. The number of hydrogen-bond acceptors (Lipinski definition) is 4. The van der Waals surface area contributed by atoms with E-state index < -0.39 is 6.10 Å². The van der Waals surface area contributed by atoms with Gasteiger partial charge in [0.05, 0.1) is 6.61 Å². The number of nitrogens with one attached hydrogen (secondary N) is 1. The standard InChI is InChI=1S/C35H32N2O3/c1-37(21-22-40-2)24-26-13-11-25(12-14-26)15-16-28-9-6-10-31(35(39)34(38)29-7-4-3-5-8-29)33(28)30-18-17-27-19-20-36-32(27)23-30/h3-14,17-20,23,34,36,38H,21-22,24H2,1-2H3. The van der Waals surface area contributed by atoms with Crippen LogP contribution in [-0.4, -0.2) is 48.1 Å². The number of H-pyrrole nitrogens is 1. The van der Waals surface area contributed by atoms with E-state index in [1.807, 2.05) is 72.9 Å². The van der Waals surface area contributed by atoms with E-state index >= 15 is 0 Å². The molecule has 5 nitrogen and oxygen atoms in total. The number of fused-ring (bicyclic) bond motifs is 1. The quantitative estimate of drug-likeness (QED) is 0.176. The van der Waals surface area contributed by atoms with Crippen LogP contribution < -0.4 is 0 Å². The Balaban J connectivity index is 1.51. The predicted octanol–water partition coefficient (Wildman–Crippen LogP) is 6.23. The molecule has 4 aromatic carbocycles. The van der Waals surface area contributed by atoms with Crippen LogP contribution in [0, 0.1) is 11.8 Å². The number of hydrogen-bond donors (Lipinski definition) is 2. The molecule has 0 bridgehead atoms. The number of carbonyl (C=O) groups is 1. The van der Waals surface area contributed by atoms with E-state index in [1.54, 1.807) is 25.3 Å². The summed E-state index contributed by atoms with van der Waals surface area (Å²) in [6.07, 6.45) is 0.622. The number of aliphatic hydroxyl groups excluding tert-OH is 1. The Labute approximate surface area is 235 Å². The van der Waals surface area contributed by atoms with Crippen LogP contribution in [-0.2, 0) is 11.3 Å². The summed E-state index contributed by atoms with van der Waals surface area (Å²) in [5.41, 5.74) is 6.34. The SMILES string of the molecule is COCCN(C)Cc1ccc(C#Cc2cccc(C(=O)C(O)c3ccccc3)c2-c2ccc3cc[nH]c3c2)cc1. The monoisotopic (exact) mass is 528 g/mol. The summed E-state index contributed by atoms with van der Waals surface area (Å²) in [7, 11) is 3.78. The van der Waals surface area contributed by atoms with Crippen LogP contribution >= 0.6 is 0 Å². The molecule has 0 spiro atoms. The molecule has 1 atom stereocenters. The zero-order valence-electron chi connectivity index (χ0n) is 22.7. The zero-order chi connectivity index (χ0) is 27.9. The van der Waals surface area contributed by atoms with Crippen molar-refractivity contribution in [2.24, 2.45) is 0 Å². The summed E-state index contributed by atoms with van der Waals surface area (Å²) < 4.78 is 5.16. The van der Waals surface area contributed by atoms with Crippen molar-refractivity contribution in [1.29, 1.82) is 0 Å². The van der Waals surface area contributed by atoms with Gasteiger partial charge in [0.15, 0.2) is 5.78 Å². The second-order valence-electron chi connectivity index (χ2n) is 9.86. The molecule has 0 radical (unpaired) electrons. The van der Waals surface area contributed by atoms with Gasteiger partial charge < -0.3 is 14.8 Å². The molecular formula is C35H32N2O3. The predicted molar refractivity (Wildman–Crippen MR) is 160 cm³/mol. The topological polar surface area (TPSA) is 65.6 Å². The molecule has 5 rings (SSSR count). The lowest BCUT2D eigenvalue weighted by atomic mass is 9.89. The van der Waals surface area contributed by atoms with Gasteiger partial charge in [-0.2, -0.15) is 0 Å². The first-order valence-corrected chi connectivity index (χ1v) is 13.3. The number of Topliss-reactive ketones (excluding diaryl/α,β-unsaturated/α-hetero) is 1. The van der Waals surface area contributed by atoms with E-state index in [0.29, 0.717) is 23.3 Å². The summed E-state index contributed by atoms with van der Waals surface area (Å²) in [6, 6.07) is 30.8.